The monoisotopic (exact) mass is 359 g/mol. The second kappa shape index (κ2) is 6.89. The molecule has 1 aliphatic heterocycles. The summed E-state index contributed by atoms with van der Waals surface area (Å²) >= 11 is 0. The fourth-order valence-electron chi connectivity index (χ4n) is 4.61. The van der Waals surface area contributed by atoms with Crippen LogP contribution in [0.4, 0.5) is 9.18 Å². The maximum Gasteiger partial charge on any atom is 0.315 e. The number of rotatable bonds is 5. The summed E-state index contributed by atoms with van der Waals surface area (Å²) in [4.78, 5) is 26.4. The first-order chi connectivity index (χ1) is 12.6. The second-order valence-corrected chi connectivity index (χ2v) is 8.03. The summed E-state index contributed by atoms with van der Waals surface area (Å²) in [5, 5.41) is 5.80. The van der Waals surface area contributed by atoms with Gasteiger partial charge >= 0.3 is 6.03 Å². The number of nitrogens with zero attached hydrogens (tertiary/aromatic N) is 1. The number of hydrogen-bond donors (Lipinski definition) is 2. The second-order valence-electron chi connectivity index (χ2n) is 8.03. The highest BCUT2D eigenvalue weighted by atomic mass is 19.1. The zero-order chi connectivity index (χ0) is 18.1. The topological polar surface area (TPSA) is 61.4 Å². The van der Waals surface area contributed by atoms with E-state index in [4.69, 9.17) is 0 Å². The van der Waals surface area contributed by atoms with Gasteiger partial charge in [-0.1, -0.05) is 18.6 Å². The molecule has 6 heteroatoms. The van der Waals surface area contributed by atoms with Crippen molar-refractivity contribution in [2.24, 2.45) is 11.3 Å². The summed E-state index contributed by atoms with van der Waals surface area (Å²) in [5.41, 5.74) is 1.41. The van der Waals surface area contributed by atoms with Crippen LogP contribution in [-0.2, 0) is 11.3 Å². The van der Waals surface area contributed by atoms with Crippen LogP contribution in [0.25, 0.3) is 0 Å². The van der Waals surface area contributed by atoms with Crippen LogP contribution < -0.4 is 10.6 Å². The number of likely N-dealkylation sites (tertiary alicyclic amines) is 1. The molecule has 2 saturated carbocycles. The molecule has 0 radical (unpaired) electrons. The van der Waals surface area contributed by atoms with E-state index < -0.39 is 6.04 Å². The zero-order valence-corrected chi connectivity index (χ0v) is 15.0. The van der Waals surface area contributed by atoms with Gasteiger partial charge in [-0.25, -0.2) is 9.18 Å². The Balaban J connectivity index is 1.24. The highest BCUT2D eigenvalue weighted by Crippen LogP contribution is 2.60. The maximum atomic E-state index is 13.0. The van der Waals surface area contributed by atoms with E-state index >= 15 is 0 Å². The molecule has 1 heterocycles. The van der Waals surface area contributed by atoms with E-state index in [-0.39, 0.29) is 17.8 Å². The molecule has 1 aromatic carbocycles. The lowest BCUT2D eigenvalue weighted by Gasteiger charge is -2.20. The van der Waals surface area contributed by atoms with Gasteiger partial charge in [0.15, 0.2) is 0 Å². The zero-order valence-electron chi connectivity index (χ0n) is 15.0. The van der Waals surface area contributed by atoms with E-state index in [2.05, 4.69) is 10.6 Å². The van der Waals surface area contributed by atoms with Crippen LogP contribution in [0.5, 0.6) is 0 Å². The average molecular weight is 359 g/mol. The number of benzene rings is 1. The molecule has 3 fully saturated rings. The molecule has 1 saturated heterocycles. The molecule has 2 aliphatic carbocycles. The van der Waals surface area contributed by atoms with Gasteiger partial charge in [0.1, 0.15) is 11.9 Å². The van der Waals surface area contributed by atoms with Gasteiger partial charge < -0.3 is 15.5 Å². The Hall–Kier alpha value is -2.11. The van der Waals surface area contributed by atoms with Crippen molar-refractivity contribution in [1.82, 2.24) is 15.5 Å². The van der Waals surface area contributed by atoms with Crippen LogP contribution in [0.15, 0.2) is 24.3 Å². The van der Waals surface area contributed by atoms with Crippen LogP contribution in [-0.4, -0.2) is 36.0 Å². The molecule has 0 aromatic heterocycles. The van der Waals surface area contributed by atoms with E-state index in [0.29, 0.717) is 37.4 Å². The van der Waals surface area contributed by atoms with E-state index in [1.165, 1.54) is 44.2 Å². The number of amides is 3. The number of urea groups is 1. The third kappa shape index (κ3) is 3.55. The first kappa shape index (κ1) is 17.3. The summed E-state index contributed by atoms with van der Waals surface area (Å²) < 4.78 is 13.0. The fraction of sp³-hybridized carbons (Fsp3) is 0.600. The van der Waals surface area contributed by atoms with E-state index in [9.17, 15) is 14.0 Å². The van der Waals surface area contributed by atoms with E-state index in [0.717, 1.165) is 5.56 Å². The van der Waals surface area contributed by atoms with Crippen LogP contribution in [0.1, 0.15) is 44.1 Å². The maximum absolute atomic E-state index is 13.0. The predicted octanol–water partition coefficient (Wildman–Crippen LogP) is 2.81. The molecule has 26 heavy (non-hydrogen) atoms. The highest BCUT2D eigenvalue weighted by molar-refractivity contribution is 5.88. The first-order valence-electron chi connectivity index (χ1n) is 9.63. The Morgan fingerprint density at radius 2 is 1.96 bits per heavy atom. The Bertz CT molecular complexity index is 687. The molecule has 3 amide bonds. The minimum Gasteiger partial charge on any atom is -0.338 e. The van der Waals surface area contributed by atoms with Crippen LogP contribution in [0, 0.1) is 17.2 Å². The largest absolute Gasteiger partial charge is 0.338 e. The average Bonchev–Trinajstić information content (AvgIpc) is 3.18. The molecule has 2 N–H and O–H groups in total. The Labute approximate surface area is 153 Å². The van der Waals surface area contributed by atoms with Gasteiger partial charge in [0.25, 0.3) is 0 Å². The third-order valence-corrected chi connectivity index (χ3v) is 6.38. The fourth-order valence-corrected chi connectivity index (χ4v) is 4.61. The van der Waals surface area contributed by atoms with Crippen molar-refractivity contribution in [3.63, 3.8) is 0 Å². The number of carbonyl (C=O) groups excluding carboxylic acids is 2. The molecule has 5 nitrogen and oxygen atoms in total. The molecule has 1 aromatic rings. The number of hydrogen-bond acceptors (Lipinski definition) is 2. The lowest BCUT2D eigenvalue weighted by molar-refractivity contribution is -0.129. The summed E-state index contributed by atoms with van der Waals surface area (Å²) in [5.74, 6) is 0.250. The van der Waals surface area contributed by atoms with Gasteiger partial charge in [-0.15, -0.1) is 0 Å². The third-order valence-electron chi connectivity index (χ3n) is 6.38. The molecular weight excluding hydrogens is 333 g/mol. The molecule has 2 atom stereocenters. The lowest BCUT2D eigenvalue weighted by Crippen LogP contribution is -2.47. The number of halogens is 1. The Kier molecular flexibility index (Phi) is 4.59. The lowest BCUT2D eigenvalue weighted by atomic mass is 9.93. The molecule has 3 aliphatic rings. The molecule has 2 unspecified atom stereocenters. The van der Waals surface area contributed by atoms with Crippen LogP contribution >= 0.6 is 0 Å². The minimum absolute atomic E-state index is 0.0657. The van der Waals surface area contributed by atoms with Gasteiger partial charge in [0.05, 0.1) is 0 Å². The van der Waals surface area contributed by atoms with Crippen molar-refractivity contribution in [2.45, 2.75) is 51.1 Å². The smallest absolute Gasteiger partial charge is 0.315 e. The molecular formula is C20H26FN3O2. The molecule has 1 spiro atoms. The van der Waals surface area contributed by atoms with Gasteiger partial charge in [-0.2, -0.15) is 0 Å². The van der Waals surface area contributed by atoms with Crippen molar-refractivity contribution < 1.29 is 14.0 Å². The summed E-state index contributed by atoms with van der Waals surface area (Å²) in [6.07, 6.45) is 7.00. The van der Waals surface area contributed by atoms with Crippen molar-refractivity contribution in [3.05, 3.63) is 35.6 Å². The normalized spacial score (nSPS) is 26.3. The molecule has 0 bridgehead atoms. The summed E-state index contributed by atoms with van der Waals surface area (Å²) in [6.45, 7) is 1.77. The molecule has 140 valence electrons. The quantitative estimate of drug-likeness (QED) is 0.849. The summed E-state index contributed by atoms with van der Waals surface area (Å²) in [6, 6.07) is 5.46. The minimum atomic E-state index is -0.464. The van der Waals surface area contributed by atoms with Crippen molar-refractivity contribution in [3.8, 4) is 0 Å². The van der Waals surface area contributed by atoms with Gasteiger partial charge in [0, 0.05) is 19.6 Å². The van der Waals surface area contributed by atoms with Crippen LogP contribution in [0.3, 0.4) is 0 Å². The van der Waals surface area contributed by atoms with E-state index in [1.54, 1.807) is 17.0 Å². The first-order valence-corrected chi connectivity index (χ1v) is 9.63. The molecule has 4 rings (SSSR count). The van der Waals surface area contributed by atoms with Crippen molar-refractivity contribution >= 4 is 11.9 Å². The highest BCUT2D eigenvalue weighted by Gasteiger charge is 2.51. The summed E-state index contributed by atoms with van der Waals surface area (Å²) in [7, 11) is 0. The van der Waals surface area contributed by atoms with E-state index in [1.807, 2.05) is 0 Å². The Morgan fingerprint density at radius 1 is 1.19 bits per heavy atom. The number of nitrogens with one attached hydrogen (secondary N) is 2. The van der Waals surface area contributed by atoms with Crippen molar-refractivity contribution in [1.29, 1.82) is 0 Å². The predicted molar refractivity (Wildman–Crippen MR) is 95.8 cm³/mol. The number of carbonyl (C=O) groups is 2. The van der Waals surface area contributed by atoms with Gasteiger partial charge in [-0.05, 0) is 61.1 Å². The van der Waals surface area contributed by atoms with Crippen LogP contribution in [0.2, 0.25) is 0 Å². The SMILES string of the molecule is O=C(NCC1CCCC12CC2)NC1CCN(Cc2ccc(F)cc2)C1=O. The van der Waals surface area contributed by atoms with Gasteiger partial charge in [0.2, 0.25) is 5.91 Å². The van der Waals surface area contributed by atoms with Gasteiger partial charge in [-0.3, -0.25) is 4.79 Å². The Morgan fingerprint density at radius 3 is 2.69 bits per heavy atom. The van der Waals surface area contributed by atoms with Crippen molar-refractivity contribution in [2.75, 3.05) is 13.1 Å². The standard InChI is InChI=1S/C20H26FN3O2/c21-16-5-3-14(4-6-16)13-24-11-7-17(18(24)25)23-19(26)22-12-15-2-1-8-20(15)9-10-20/h3-6,15,17H,1-2,7-13H2,(H2,22,23,26).